The van der Waals surface area contributed by atoms with Gasteiger partial charge in [0.15, 0.2) is 0 Å². The third-order valence-electron chi connectivity index (χ3n) is 2.18. The van der Waals surface area contributed by atoms with Crippen molar-refractivity contribution in [2.24, 2.45) is 0 Å². The van der Waals surface area contributed by atoms with Gasteiger partial charge in [0, 0.05) is 13.0 Å². The van der Waals surface area contributed by atoms with E-state index in [0.717, 1.165) is 0 Å². The molecule has 1 N–H and O–H groups in total. The van der Waals surface area contributed by atoms with Gasteiger partial charge in [-0.2, -0.15) is 5.26 Å². The Kier molecular flexibility index (Phi) is 4.35. The molecule has 5 heteroatoms. The third kappa shape index (κ3) is 3.38. The summed E-state index contributed by atoms with van der Waals surface area (Å²) in [5.74, 6) is 0.883. The van der Waals surface area contributed by atoms with E-state index >= 15 is 0 Å². The van der Waals surface area contributed by atoms with E-state index in [4.69, 9.17) is 14.7 Å². The molecule has 1 aromatic carbocycles. The zero-order valence-electron chi connectivity index (χ0n) is 9.98. The molecule has 1 amide bonds. The number of hydrogen-bond acceptors (Lipinski definition) is 4. The van der Waals surface area contributed by atoms with Crippen molar-refractivity contribution in [3.63, 3.8) is 0 Å². The molecular weight excluding hydrogens is 220 g/mol. The first-order valence-corrected chi connectivity index (χ1v) is 5.00. The van der Waals surface area contributed by atoms with Crippen LogP contribution >= 0.6 is 0 Å². The molecule has 0 aliphatic carbocycles. The lowest BCUT2D eigenvalue weighted by molar-refractivity contribution is -0.119. The molecule has 0 heterocycles. The number of carbonyl (C=O) groups excluding carboxylic acids is 1. The van der Waals surface area contributed by atoms with E-state index in [9.17, 15) is 4.79 Å². The molecule has 0 aliphatic heterocycles. The van der Waals surface area contributed by atoms with Crippen molar-refractivity contribution in [3.05, 3.63) is 23.8 Å². The molecule has 0 spiro atoms. The molecule has 0 aromatic heterocycles. The van der Waals surface area contributed by atoms with Crippen LogP contribution < -0.4 is 14.8 Å². The normalized spacial score (nSPS) is 11.2. The highest BCUT2D eigenvalue weighted by atomic mass is 16.5. The fourth-order valence-corrected chi connectivity index (χ4v) is 1.39. The number of carbonyl (C=O) groups is 1. The van der Waals surface area contributed by atoms with E-state index in [1.165, 1.54) is 21.1 Å². The second-order valence-electron chi connectivity index (χ2n) is 3.41. The molecular formula is C12H14N2O3. The van der Waals surface area contributed by atoms with Crippen LogP contribution in [0.5, 0.6) is 11.5 Å². The number of amides is 1. The minimum absolute atomic E-state index is 0.265. The predicted molar refractivity (Wildman–Crippen MR) is 61.7 cm³/mol. The topological polar surface area (TPSA) is 71.3 Å². The number of nitrogens with zero attached hydrogens (tertiary/aromatic N) is 1. The molecule has 1 atom stereocenters. The minimum atomic E-state index is -0.712. The minimum Gasteiger partial charge on any atom is -0.497 e. The van der Waals surface area contributed by atoms with Crippen LogP contribution in [0.25, 0.3) is 0 Å². The molecule has 90 valence electrons. The fraction of sp³-hybridized carbons (Fsp3) is 0.333. The summed E-state index contributed by atoms with van der Waals surface area (Å²) in [4.78, 5) is 11.0. The lowest BCUT2D eigenvalue weighted by Gasteiger charge is -2.13. The van der Waals surface area contributed by atoms with Crippen LogP contribution in [0.4, 0.5) is 0 Å². The first-order chi connectivity index (χ1) is 8.10. The summed E-state index contributed by atoms with van der Waals surface area (Å²) in [6, 6.07) is 6.37. The van der Waals surface area contributed by atoms with E-state index in [-0.39, 0.29) is 5.91 Å². The maximum absolute atomic E-state index is 11.0. The Bertz CT molecular complexity index is 429. The second kappa shape index (κ2) is 5.75. The predicted octanol–water partition coefficient (Wildman–Crippen LogP) is 1.40. The SMILES string of the molecule is COc1cc(OC)cc(C(C#N)NC(C)=O)c1. The molecule has 1 aromatic rings. The molecule has 0 aliphatic rings. The highest BCUT2D eigenvalue weighted by Gasteiger charge is 2.14. The Hall–Kier alpha value is -2.22. The van der Waals surface area contributed by atoms with Gasteiger partial charge in [-0.25, -0.2) is 0 Å². The standard InChI is InChI=1S/C12H14N2O3/c1-8(15)14-12(7-13)9-4-10(16-2)6-11(5-9)17-3/h4-6,12H,1-3H3,(H,14,15). The van der Waals surface area contributed by atoms with Gasteiger partial charge in [-0.1, -0.05) is 0 Å². The van der Waals surface area contributed by atoms with E-state index < -0.39 is 6.04 Å². The van der Waals surface area contributed by atoms with Gasteiger partial charge in [0.25, 0.3) is 0 Å². The summed E-state index contributed by atoms with van der Waals surface area (Å²) in [5.41, 5.74) is 0.624. The van der Waals surface area contributed by atoms with Crippen molar-refractivity contribution in [3.8, 4) is 17.6 Å². The number of hydrogen-bond donors (Lipinski definition) is 1. The van der Waals surface area contributed by atoms with Crippen molar-refractivity contribution < 1.29 is 14.3 Å². The zero-order valence-corrected chi connectivity index (χ0v) is 9.98. The van der Waals surface area contributed by atoms with Gasteiger partial charge < -0.3 is 14.8 Å². The van der Waals surface area contributed by atoms with E-state index in [0.29, 0.717) is 17.1 Å². The molecule has 0 fully saturated rings. The Morgan fingerprint density at radius 2 is 1.82 bits per heavy atom. The number of benzene rings is 1. The molecule has 5 nitrogen and oxygen atoms in total. The average Bonchev–Trinajstić information content (AvgIpc) is 2.34. The van der Waals surface area contributed by atoms with Crippen molar-refractivity contribution >= 4 is 5.91 Å². The second-order valence-corrected chi connectivity index (χ2v) is 3.41. The van der Waals surface area contributed by atoms with Gasteiger partial charge >= 0.3 is 0 Å². The highest BCUT2D eigenvalue weighted by Crippen LogP contribution is 2.26. The maximum Gasteiger partial charge on any atom is 0.218 e. The van der Waals surface area contributed by atoms with Crippen LogP contribution in [0.2, 0.25) is 0 Å². The highest BCUT2D eigenvalue weighted by molar-refractivity contribution is 5.74. The van der Waals surface area contributed by atoms with E-state index in [1.807, 2.05) is 6.07 Å². The van der Waals surface area contributed by atoms with Crippen LogP contribution in [0.15, 0.2) is 18.2 Å². The first-order valence-electron chi connectivity index (χ1n) is 5.00. The van der Waals surface area contributed by atoms with Gasteiger partial charge in [-0.3, -0.25) is 4.79 Å². The summed E-state index contributed by atoms with van der Waals surface area (Å²) < 4.78 is 10.2. The molecule has 0 bridgehead atoms. The molecule has 1 unspecified atom stereocenters. The molecule has 1 rings (SSSR count). The van der Waals surface area contributed by atoms with Gasteiger partial charge in [0.2, 0.25) is 5.91 Å². The number of ether oxygens (including phenoxy) is 2. The molecule has 0 saturated heterocycles. The smallest absolute Gasteiger partial charge is 0.218 e. The van der Waals surface area contributed by atoms with E-state index in [1.54, 1.807) is 18.2 Å². The average molecular weight is 234 g/mol. The number of methoxy groups -OCH3 is 2. The monoisotopic (exact) mass is 234 g/mol. The third-order valence-corrected chi connectivity index (χ3v) is 2.18. The summed E-state index contributed by atoms with van der Waals surface area (Å²) >= 11 is 0. The Balaban J connectivity index is 3.10. The fourth-order valence-electron chi connectivity index (χ4n) is 1.39. The van der Waals surface area contributed by atoms with Crippen molar-refractivity contribution in [1.82, 2.24) is 5.32 Å². The number of nitrogens with one attached hydrogen (secondary N) is 1. The lowest BCUT2D eigenvalue weighted by Crippen LogP contribution is -2.24. The molecule has 0 radical (unpaired) electrons. The number of rotatable bonds is 4. The van der Waals surface area contributed by atoms with E-state index in [2.05, 4.69) is 5.32 Å². The van der Waals surface area contributed by atoms with Gasteiger partial charge in [-0.05, 0) is 17.7 Å². The summed E-state index contributed by atoms with van der Waals surface area (Å²) in [5, 5.41) is 11.5. The summed E-state index contributed by atoms with van der Waals surface area (Å²) in [6.07, 6.45) is 0. The van der Waals surface area contributed by atoms with Crippen LogP contribution in [-0.4, -0.2) is 20.1 Å². The van der Waals surface area contributed by atoms with Gasteiger partial charge in [-0.15, -0.1) is 0 Å². The van der Waals surface area contributed by atoms with Crippen molar-refractivity contribution in [2.45, 2.75) is 13.0 Å². The van der Waals surface area contributed by atoms with Crippen LogP contribution in [0.3, 0.4) is 0 Å². The first kappa shape index (κ1) is 12.8. The Morgan fingerprint density at radius 3 is 2.18 bits per heavy atom. The van der Waals surface area contributed by atoms with Gasteiger partial charge in [0.1, 0.15) is 17.5 Å². The van der Waals surface area contributed by atoms with Crippen LogP contribution in [-0.2, 0) is 4.79 Å². The maximum atomic E-state index is 11.0. The van der Waals surface area contributed by atoms with Crippen LogP contribution in [0, 0.1) is 11.3 Å². The van der Waals surface area contributed by atoms with Gasteiger partial charge in [0.05, 0.1) is 20.3 Å². The zero-order chi connectivity index (χ0) is 12.8. The van der Waals surface area contributed by atoms with Crippen molar-refractivity contribution in [2.75, 3.05) is 14.2 Å². The largest absolute Gasteiger partial charge is 0.497 e. The quantitative estimate of drug-likeness (QED) is 0.854. The molecule has 0 saturated carbocycles. The van der Waals surface area contributed by atoms with Crippen molar-refractivity contribution in [1.29, 1.82) is 5.26 Å². The number of nitriles is 1. The lowest BCUT2D eigenvalue weighted by atomic mass is 10.1. The Morgan fingerprint density at radius 1 is 1.29 bits per heavy atom. The summed E-state index contributed by atoms with van der Waals surface area (Å²) in [7, 11) is 3.05. The molecule has 17 heavy (non-hydrogen) atoms. The van der Waals surface area contributed by atoms with Crippen LogP contribution in [0.1, 0.15) is 18.5 Å². The summed E-state index contributed by atoms with van der Waals surface area (Å²) in [6.45, 7) is 1.36. The Labute approximate surface area is 100.0 Å².